The largest absolute Gasteiger partial charge is 0.372 e. The zero-order chi connectivity index (χ0) is 11.7. The number of fused-ring (bicyclic) bond motifs is 1. The van der Waals surface area contributed by atoms with E-state index in [1.54, 1.807) is 0 Å². The number of nitrogens with zero attached hydrogens (tertiary/aromatic N) is 1. The lowest BCUT2D eigenvalue weighted by Crippen LogP contribution is -2.29. The van der Waals surface area contributed by atoms with Crippen LogP contribution in [0.25, 0.3) is 0 Å². The normalized spacial score (nSPS) is 26.6. The van der Waals surface area contributed by atoms with E-state index in [0.29, 0.717) is 6.04 Å². The Balaban J connectivity index is 1.68. The first-order chi connectivity index (χ1) is 8.33. The first kappa shape index (κ1) is 11.1. The summed E-state index contributed by atoms with van der Waals surface area (Å²) in [4.78, 5) is 4.23. The van der Waals surface area contributed by atoms with Gasteiger partial charge in [-0.2, -0.15) is 0 Å². The van der Waals surface area contributed by atoms with Gasteiger partial charge < -0.3 is 5.32 Å². The molecule has 1 aliphatic heterocycles. The molecule has 0 spiro atoms. The average molecular weight is 249 g/mol. The van der Waals surface area contributed by atoms with Crippen molar-refractivity contribution in [2.45, 2.75) is 31.7 Å². The van der Waals surface area contributed by atoms with Crippen LogP contribution in [0.4, 0.5) is 0 Å². The summed E-state index contributed by atoms with van der Waals surface area (Å²) in [5.41, 5.74) is 2.83. The maximum Gasteiger partial charge on any atom is 0.0827 e. The van der Waals surface area contributed by atoms with Crippen molar-refractivity contribution in [2.75, 3.05) is 6.54 Å². The van der Waals surface area contributed by atoms with E-state index in [1.165, 1.54) is 30.4 Å². The predicted molar refractivity (Wildman–Crippen MR) is 71.9 cm³/mol. The number of benzene rings is 1. The minimum atomic E-state index is 0.556. The molecule has 17 heavy (non-hydrogen) atoms. The summed E-state index contributed by atoms with van der Waals surface area (Å²) in [5, 5.41) is 4.27. The summed E-state index contributed by atoms with van der Waals surface area (Å²) in [6.07, 6.45) is 6.64. The first-order valence-corrected chi connectivity index (χ1v) is 6.71. The van der Waals surface area contributed by atoms with Crippen molar-refractivity contribution in [3.8, 4) is 0 Å². The van der Waals surface area contributed by atoms with Gasteiger partial charge in [0.2, 0.25) is 0 Å². The zero-order valence-corrected chi connectivity index (χ0v) is 10.6. The lowest BCUT2D eigenvalue weighted by atomic mass is 9.81. The van der Waals surface area contributed by atoms with Crippen LogP contribution < -0.4 is 5.32 Å². The van der Waals surface area contributed by atoms with E-state index in [0.717, 1.165) is 23.9 Å². The Labute approximate surface area is 107 Å². The fourth-order valence-electron chi connectivity index (χ4n) is 2.97. The van der Waals surface area contributed by atoms with Gasteiger partial charge in [-0.1, -0.05) is 23.7 Å². The summed E-state index contributed by atoms with van der Waals surface area (Å²) >= 11 is 6.23. The molecule has 2 aliphatic rings. The molecule has 0 bridgehead atoms. The molecule has 0 saturated carbocycles. The predicted octanol–water partition coefficient (Wildman–Crippen LogP) is 2.84. The highest BCUT2D eigenvalue weighted by molar-refractivity contribution is 6.31. The molecule has 2 unspecified atom stereocenters. The number of rotatable bonds is 2. The minimum absolute atomic E-state index is 0.556. The summed E-state index contributed by atoms with van der Waals surface area (Å²) in [5.74, 6) is 0.778. The third-order valence-electron chi connectivity index (χ3n) is 3.87. The van der Waals surface area contributed by atoms with E-state index in [-0.39, 0.29) is 0 Å². The van der Waals surface area contributed by atoms with E-state index in [1.807, 2.05) is 12.4 Å². The van der Waals surface area contributed by atoms with Gasteiger partial charge in [-0.25, -0.2) is 0 Å². The summed E-state index contributed by atoms with van der Waals surface area (Å²) in [6.45, 7) is 0.943. The SMILES string of the molecule is Clc1cccc2c1CCC(CC1CN=CN1)C2. The Morgan fingerprint density at radius 2 is 2.35 bits per heavy atom. The molecule has 90 valence electrons. The van der Waals surface area contributed by atoms with Gasteiger partial charge in [0.05, 0.1) is 12.9 Å². The van der Waals surface area contributed by atoms with Crippen LogP contribution in [0, 0.1) is 5.92 Å². The van der Waals surface area contributed by atoms with Gasteiger partial charge in [-0.05, 0) is 48.8 Å². The molecule has 0 amide bonds. The topological polar surface area (TPSA) is 24.4 Å². The fraction of sp³-hybridized carbons (Fsp3) is 0.500. The van der Waals surface area contributed by atoms with E-state index >= 15 is 0 Å². The van der Waals surface area contributed by atoms with Crippen LogP contribution in [0.3, 0.4) is 0 Å². The van der Waals surface area contributed by atoms with Gasteiger partial charge in [0.15, 0.2) is 0 Å². The Bertz CT molecular complexity index is 434. The third kappa shape index (κ3) is 2.32. The third-order valence-corrected chi connectivity index (χ3v) is 4.23. The van der Waals surface area contributed by atoms with E-state index < -0.39 is 0 Å². The van der Waals surface area contributed by atoms with Crippen LogP contribution >= 0.6 is 11.6 Å². The molecule has 0 fully saturated rings. The molecule has 1 aromatic carbocycles. The van der Waals surface area contributed by atoms with Crippen LogP contribution in [0.15, 0.2) is 23.2 Å². The Kier molecular flexibility index (Phi) is 3.06. The highest BCUT2D eigenvalue weighted by atomic mass is 35.5. The standard InChI is InChI=1S/C14H17ClN2/c15-14-3-1-2-11-6-10(4-5-13(11)14)7-12-8-16-9-17-12/h1-3,9-10,12H,4-8H2,(H,16,17). The van der Waals surface area contributed by atoms with Crippen LogP contribution in [0.1, 0.15) is 24.0 Å². The molecule has 1 heterocycles. The second kappa shape index (κ2) is 4.69. The van der Waals surface area contributed by atoms with E-state index in [4.69, 9.17) is 11.6 Å². The van der Waals surface area contributed by atoms with Crippen molar-refractivity contribution < 1.29 is 0 Å². The van der Waals surface area contributed by atoms with Crippen molar-refractivity contribution in [2.24, 2.45) is 10.9 Å². The average Bonchev–Trinajstić information content (AvgIpc) is 2.82. The molecule has 0 radical (unpaired) electrons. The van der Waals surface area contributed by atoms with Gasteiger partial charge in [-0.3, -0.25) is 4.99 Å². The molecule has 0 saturated heterocycles. The lowest BCUT2D eigenvalue weighted by Gasteiger charge is -2.27. The van der Waals surface area contributed by atoms with Gasteiger partial charge >= 0.3 is 0 Å². The number of hydrogen-bond acceptors (Lipinski definition) is 2. The molecule has 3 heteroatoms. The zero-order valence-electron chi connectivity index (χ0n) is 9.82. The highest BCUT2D eigenvalue weighted by Crippen LogP contribution is 2.32. The van der Waals surface area contributed by atoms with Crippen molar-refractivity contribution in [3.05, 3.63) is 34.3 Å². The lowest BCUT2D eigenvalue weighted by molar-refractivity contribution is 0.385. The maximum atomic E-state index is 6.23. The van der Waals surface area contributed by atoms with Crippen molar-refractivity contribution in [1.82, 2.24) is 5.32 Å². The van der Waals surface area contributed by atoms with Crippen LogP contribution in [-0.4, -0.2) is 18.9 Å². The molecule has 0 aromatic heterocycles. The first-order valence-electron chi connectivity index (χ1n) is 6.33. The van der Waals surface area contributed by atoms with Gasteiger partial charge in [0.1, 0.15) is 0 Å². The number of hydrogen-bond donors (Lipinski definition) is 1. The highest BCUT2D eigenvalue weighted by Gasteiger charge is 2.23. The molecule has 1 aromatic rings. The second-order valence-electron chi connectivity index (χ2n) is 5.08. The quantitative estimate of drug-likeness (QED) is 0.855. The second-order valence-corrected chi connectivity index (χ2v) is 5.49. The smallest absolute Gasteiger partial charge is 0.0827 e. The molecule has 3 rings (SSSR count). The number of halogens is 1. The molecule has 2 nitrogen and oxygen atoms in total. The summed E-state index contributed by atoms with van der Waals surface area (Å²) in [6, 6.07) is 6.86. The molecule has 1 aliphatic carbocycles. The Morgan fingerprint density at radius 3 is 3.18 bits per heavy atom. The van der Waals surface area contributed by atoms with Crippen molar-refractivity contribution >= 4 is 17.9 Å². The van der Waals surface area contributed by atoms with Crippen LogP contribution in [-0.2, 0) is 12.8 Å². The Hall–Kier alpha value is -1.02. The van der Waals surface area contributed by atoms with Crippen molar-refractivity contribution in [1.29, 1.82) is 0 Å². The van der Waals surface area contributed by atoms with Gasteiger partial charge in [0.25, 0.3) is 0 Å². The monoisotopic (exact) mass is 248 g/mol. The number of nitrogens with one attached hydrogen (secondary N) is 1. The molecule has 2 atom stereocenters. The summed E-state index contributed by atoms with van der Waals surface area (Å²) < 4.78 is 0. The van der Waals surface area contributed by atoms with E-state index in [9.17, 15) is 0 Å². The van der Waals surface area contributed by atoms with Crippen LogP contribution in [0.5, 0.6) is 0 Å². The van der Waals surface area contributed by atoms with Crippen molar-refractivity contribution in [3.63, 3.8) is 0 Å². The molecular formula is C14H17ClN2. The van der Waals surface area contributed by atoms with Crippen LogP contribution in [0.2, 0.25) is 5.02 Å². The maximum absolute atomic E-state index is 6.23. The summed E-state index contributed by atoms with van der Waals surface area (Å²) in [7, 11) is 0. The van der Waals surface area contributed by atoms with E-state index in [2.05, 4.69) is 22.4 Å². The molecular weight excluding hydrogens is 232 g/mol. The molecule has 1 N–H and O–H groups in total. The van der Waals surface area contributed by atoms with Gasteiger partial charge in [-0.15, -0.1) is 0 Å². The van der Waals surface area contributed by atoms with Gasteiger partial charge in [0, 0.05) is 11.1 Å². The fourth-order valence-corrected chi connectivity index (χ4v) is 3.26. The Morgan fingerprint density at radius 1 is 1.41 bits per heavy atom. The number of aliphatic imine (C=N–C) groups is 1. The minimum Gasteiger partial charge on any atom is -0.372 e.